The SMILES string of the molecule is C#CCCC(NCCC)C(OCC)OCC. The predicted molar refractivity (Wildman–Crippen MR) is 67.2 cm³/mol. The Bertz CT molecular complexity index is 183. The van der Waals surface area contributed by atoms with Gasteiger partial charge < -0.3 is 14.8 Å². The zero-order valence-corrected chi connectivity index (χ0v) is 10.8. The minimum Gasteiger partial charge on any atom is -0.351 e. The normalized spacial score (nSPS) is 12.7. The molecule has 0 aliphatic rings. The fraction of sp³-hybridized carbons (Fsp3) is 0.846. The quantitative estimate of drug-likeness (QED) is 0.458. The average molecular weight is 227 g/mol. The van der Waals surface area contributed by atoms with Crippen molar-refractivity contribution in [2.45, 2.75) is 52.4 Å². The van der Waals surface area contributed by atoms with E-state index in [-0.39, 0.29) is 12.3 Å². The molecule has 16 heavy (non-hydrogen) atoms. The van der Waals surface area contributed by atoms with Gasteiger partial charge in [0.1, 0.15) is 0 Å². The van der Waals surface area contributed by atoms with Crippen LogP contribution in [0, 0.1) is 12.3 Å². The molecule has 0 saturated carbocycles. The molecular formula is C13H25NO2. The molecule has 0 aliphatic heterocycles. The largest absolute Gasteiger partial charge is 0.351 e. The van der Waals surface area contributed by atoms with Gasteiger partial charge in [-0.3, -0.25) is 0 Å². The predicted octanol–water partition coefficient (Wildman–Crippen LogP) is 2.17. The van der Waals surface area contributed by atoms with Crippen LogP contribution in [0.15, 0.2) is 0 Å². The van der Waals surface area contributed by atoms with Crippen molar-refractivity contribution in [1.29, 1.82) is 0 Å². The first-order valence-corrected chi connectivity index (χ1v) is 6.20. The first-order chi connectivity index (χ1) is 7.79. The zero-order chi connectivity index (χ0) is 12.2. The second kappa shape index (κ2) is 10.9. The van der Waals surface area contributed by atoms with E-state index in [2.05, 4.69) is 18.2 Å². The molecule has 0 aromatic heterocycles. The molecule has 0 amide bonds. The molecule has 0 fully saturated rings. The maximum absolute atomic E-state index is 5.59. The summed E-state index contributed by atoms with van der Waals surface area (Å²) in [5.74, 6) is 2.66. The Morgan fingerprint density at radius 3 is 2.25 bits per heavy atom. The summed E-state index contributed by atoms with van der Waals surface area (Å²) in [7, 11) is 0. The Kier molecular flexibility index (Phi) is 10.6. The van der Waals surface area contributed by atoms with E-state index in [0.29, 0.717) is 13.2 Å². The lowest BCUT2D eigenvalue weighted by Crippen LogP contribution is -2.43. The fourth-order valence-corrected chi connectivity index (χ4v) is 1.51. The minimum absolute atomic E-state index is 0.185. The van der Waals surface area contributed by atoms with Crippen LogP contribution in [0.3, 0.4) is 0 Å². The zero-order valence-electron chi connectivity index (χ0n) is 10.8. The van der Waals surface area contributed by atoms with Gasteiger partial charge in [0.2, 0.25) is 0 Å². The maximum Gasteiger partial charge on any atom is 0.172 e. The third-order valence-electron chi connectivity index (χ3n) is 2.25. The van der Waals surface area contributed by atoms with E-state index in [1.807, 2.05) is 13.8 Å². The number of ether oxygens (including phenoxy) is 2. The number of rotatable bonds is 10. The summed E-state index contributed by atoms with van der Waals surface area (Å²) in [6.45, 7) is 8.37. The molecular weight excluding hydrogens is 202 g/mol. The van der Waals surface area contributed by atoms with Crippen molar-refractivity contribution in [3.05, 3.63) is 0 Å². The van der Waals surface area contributed by atoms with Crippen LogP contribution in [0.4, 0.5) is 0 Å². The lowest BCUT2D eigenvalue weighted by molar-refractivity contribution is -0.154. The van der Waals surface area contributed by atoms with Crippen LogP contribution in [0.25, 0.3) is 0 Å². The molecule has 0 aromatic rings. The summed E-state index contributed by atoms with van der Waals surface area (Å²) in [5, 5.41) is 3.43. The van der Waals surface area contributed by atoms with Gasteiger partial charge in [-0.1, -0.05) is 6.92 Å². The first kappa shape index (κ1) is 15.4. The molecule has 0 radical (unpaired) electrons. The summed E-state index contributed by atoms with van der Waals surface area (Å²) in [6, 6.07) is 0.191. The van der Waals surface area contributed by atoms with E-state index in [9.17, 15) is 0 Å². The van der Waals surface area contributed by atoms with Crippen molar-refractivity contribution in [1.82, 2.24) is 5.32 Å². The molecule has 0 spiro atoms. The molecule has 0 aromatic carbocycles. The molecule has 3 heteroatoms. The van der Waals surface area contributed by atoms with Crippen molar-refractivity contribution in [2.24, 2.45) is 0 Å². The van der Waals surface area contributed by atoms with Crippen LogP contribution >= 0.6 is 0 Å². The molecule has 0 rings (SSSR count). The Morgan fingerprint density at radius 1 is 1.19 bits per heavy atom. The van der Waals surface area contributed by atoms with E-state index in [0.717, 1.165) is 25.8 Å². The molecule has 0 aliphatic carbocycles. The summed E-state index contributed by atoms with van der Waals surface area (Å²) >= 11 is 0. The Balaban J connectivity index is 4.21. The van der Waals surface area contributed by atoms with E-state index in [4.69, 9.17) is 15.9 Å². The highest BCUT2D eigenvalue weighted by Gasteiger charge is 2.20. The van der Waals surface area contributed by atoms with Crippen molar-refractivity contribution in [3.63, 3.8) is 0 Å². The number of nitrogens with one attached hydrogen (secondary N) is 1. The van der Waals surface area contributed by atoms with Gasteiger partial charge in [-0.05, 0) is 33.2 Å². The second-order valence-electron chi connectivity index (χ2n) is 3.58. The average Bonchev–Trinajstić information content (AvgIpc) is 2.29. The highest BCUT2D eigenvalue weighted by molar-refractivity contribution is 4.86. The summed E-state index contributed by atoms with van der Waals surface area (Å²) in [4.78, 5) is 0. The van der Waals surface area contributed by atoms with Crippen molar-refractivity contribution < 1.29 is 9.47 Å². The van der Waals surface area contributed by atoms with Crippen LogP contribution < -0.4 is 5.32 Å². The summed E-state index contributed by atoms with van der Waals surface area (Å²) in [6.07, 6.45) is 7.84. The van der Waals surface area contributed by atoms with Gasteiger partial charge >= 0.3 is 0 Å². The first-order valence-electron chi connectivity index (χ1n) is 6.20. The highest BCUT2D eigenvalue weighted by Crippen LogP contribution is 2.08. The smallest absolute Gasteiger partial charge is 0.172 e. The van der Waals surface area contributed by atoms with Crippen molar-refractivity contribution in [2.75, 3.05) is 19.8 Å². The van der Waals surface area contributed by atoms with Crippen molar-refractivity contribution >= 4 is 0 Å². The molecule has 1 N–H and O–H groups in total. The lowest BCUT2D eigenvalue weighted by Gasteiger charge is -2.27. The van der Waals surface area contributed by atoms with E-state index in [1.54, 1.807) is 0 Å². The van der Waals surface area contributed by atoms with E-state index in [1.165, 1.54) is 0 Å². The molecule has 1 atom stereocenters. The van der Waals surface area contributed by atoms with Gasteiger partial charge in [0.15, 0.2) is 6.29 Å². The number of hydrogen-bond donors (Lipinski definition) is 1. The van der Waals surface area contributed by atoms with Gasteiger partial charge in [0.05, 0.1) is 6.04 Å². The molecule has 3 nitrogen and oxygen atoms in total. The van der Waals surface area contributed by atoms with Crippen LogP contribution in [-0.4, -0.2) is 32.1 Å². The summed E-state index contributed by atoms with van der Waals surface area (Å²) in [5.41, 5.74) is 0. The number of hydrogen-bond acceptors (Lipinski definition) is 3. The van der Waals surface area contributed by atoms with Gasteiger partial charge in [-0.15, -0.1) is 12.3 Å². The van der Waals surface area contributed by atoms with Gasteiger partial charge in [-0.2, -0.15) is 0 Å². The molecule has 0 saturated heterocycles. The fourth-order valence-electron chi connectivity index (χ4n) is 1.51. The standard InChI is InChI=1S/C13H25NO2/c1-5-9-10-12(14-11-6-2)13(15-7-3)16-8-4/h1,12-14H,6-11H2,2-4H3. The number of terminal acetylenes is 1. The van der Waals surface area contributed by atoms with Crippen LogP contribution in [-0.2, 0) is 9.47 Å². The molecule has 0 bridgehead atoms. The highest BCUT2D eigenvalue weighted by atomic mass is 16.7. The third kappa shape index (κ3) is 6.84. The maximum atomic E-state index is 5.59. The van der Waals surface area contributed by atoms with Crippen LogP contribution in [0.1, 0.15) is 40.0 Å². The van der Waals surface area contributed by atoms with Crippen molar-refractivity contribution in [3.8, 4) is 12.3 Å². The lowest BCUT2D eigenvalue weighted by atomic mass is 10.1. The second-order valence-corrected chi connectivity index (χ2v) is 3.58. The van der Waals surface area contributed by atoms with E-state index < -0.39 is 0 Å². The van der Waals surface area contributed by atoms with Gasteiger partial charge in [0.25, 0.3) is 0 Å². The Morgan fingerprint density at radius 2 is 1.81 bits per heavy atom. The monoisotopic (exact) mass is 227 g/mol. The molecule has 0 heterocycles. The van der Waals surface area contributed by atoms with Crippen LogP contribution in [0.5, 0.6) is 0 Å². The van der Waals surface area contributed by atoms with Crippen LogP contribution in [0.2, 0.25) is 0 Å². The van der Waals surface area contributed by atoms with E-state index >= 15 is 0 Å². The Hall–Kier alpha value is -0.560. The topological polar surface area (TPSA) is 30.5 Å². The molecule has 1 unspecified atom stereocenters. The van der Waals surface area contributed by atoms with Gasteiger partial charge in [-0.25, -0.2) is 0 Å². The Labute approximate surface area is 99.9 Å². The third-order valence-corrected chi connectivity index (χ3v) is 2.25. The summed E-state index contributed by atoms with van der Waals surface area (Å²) < 4.78 is 11.2. The molecule has 94 valence electrons. The minimum atomic E-state index is -0.185. The van der Waals surface area contributed by atoms with Gasteiger partial charge in [0, 0.05) is 19.6 Å².